The van der Waals surface area contributed by atoms with Gasteiger partial charge in [-0.25, -0.2) is 4.79 Å². The molecule has 2 amide bonds. The number of halogens is 1. The van der Waals surface area contributed by atoms with Gasteiger partial charge in [0.2, 0.25) is 11.7 Å². The van der Waals surface area contributed by atoms with E-state index in [1.54, 1.807) is 69.3 Å². The van der Waals surface area contributed by atoms with Crippen molar-refractivity contribution in [3.05, 3.63) is 75.6 Å². The number of nitrogens with one attached hydrogen (secondary N) is 2. The number of primary amides is 1. The highest BCUT2D eigenvalue weighted by molar-refractivity contribution is 7.17. The third kappa shape index (κ3) is 6.50. The van der Waals surface area contributed by atoms with Crippen LogP contribution in [0.15, 0.2) is 54.6 Å². The second-order valence-corrected chi connectivity index (χ2v) is 10.3. The Labute approximate surface area is 217 Å². The Morgan fingerprint density at radius 3 is 2.19 bits per heavy atom. The van der Waals surface area contributed by atoms with Crippen LogP contribution in [0.5, 0.6) is 5.75 Å². The van der Waals surface area contributed by atoms with Gasteiger partial charge in [0.25, 0.3) is 0 Å². The van der Waals surface area contributed by atoms with Crippen LogP contribution in [-0.2, 0) is 9.53 Å². The Balaban J connectivity index is 2.06. The first-order valence-electron chi connectivity index (χ1n) is 10.9. The molecule has 1 heterocycles. The van der Waals surface area contributed by atoms with Crippen molar-refractivity contribution in [3.8, 4) is 16.2 Å². The summed E-state index contributed by atoms with van der Waals surface area (Å²) in [7, 11) is 1.53. The molecule has 0 saturated carbocycles. The van der Waals surface area contributed by atoms with Crippen LogP contribution >= 0.6 is 22.9 Å². The van der Waals surface area contributed by atoms with E-state index in [9.17, 15) is 14.4 Å². The summed E-state index contributed by atoms with van der Waals surface area (Å²) in [6.45, 7) is 5.03. The number of carbonyl (C=O) groups is 3. The lowest BCUT2D eigenvalue weighted by Crippen LogP contribution is -2.42. The highest BCUT2D eigenvalue weighted by Gasteiger charge is 2.31. The van der Waals surface area contributed by atoms with Crippen LogP contribution in [0.1, 0.15) is 47.5 Å². The number of carbonyl (C=O) groups excluding carboxylic acids is 3. The van der Waals surface area contributed by atoms with Crippen LogP contribution < -0.4 is 15.8 Å². The van der Waals surface area contributed by atoms with E-state index in [2.05, 4.69) is 5.32 Å². The number of hydrogen-bond donors (Lipinski definition) is 3. The van der Waals surface area contributed by atoms with Crippen molar-refractivity contribution in [2.75, 3.05) is 7.11 Å². The molecule has 0 fully saturated rings. The molecule has 188 valence electrons. The zero-order chi connectivity index (χ0) is 26.6. The normalized spacial score (nSPS) is 11.9. The Bertz CT molecular complexity index is 1290. The molecule has 1 atom stereocenters. The van der Waals surface area contributed by atoms with E-state index in [0.717, 1.165) is 11.3 Å². The molecule has 0 aliphatic heterocycles. The van der Waals surface area contributed by atoms with Gasteiger partial charge in [0.05, 0.1) is 12.0 Å². The van der Waals surface area contributed by atoms with Crippen LogP contribution in [0.3, 0.4) is 0 Å². The zero-order valence-corrected chi connectivity index (χ0v) is 21.8. The SMILES string of the molecule is COc1ccc(C(=O)c2cc(C(C(=N)NC(=O)OC(C)(C)C)C(N)=O)c(-c3ccc(Cl)cc3)s2)cc1. The maximum Gasteiger partial charge on any atom is 0.413 e. The number of alkyl carbamates (subject to hydrolysis) is 1. The van der Waals surface area contributed by atoms with Gasteiger partial charge in [-0.15, -0.1) is 11.3 Å². The molecule has 3 aromatic rings. The summed E-state index contributed by atoms with van der Waals surface area (Å²) in [5.41, 5.74) is 6.28. The fourth-order valence-electron chi connectivity index (χ4n) is 3.38. The molecule has 36 heavy (non-hydrogen) atoms. The summed E-state index contributed by atoms with van der Waals surface area (Å²) in [4.78, 5) is 39.0. The third-order valence-corrected chi connectivity index (χ3v) is 6.41. The van der Waals surface area contributed by atoms with Gasteiger partial charge >= 0.3 is 6.09 Å². The Kier molecular flexibility index (Phi) is 8.17. The van der Waals surface area contributed by atoms with E-state index in [1.165, 1.54) is 13.2 Å². The molecular formula is C26H26ClN3O5S. The van der Waals surface area contributed by atoms with Crippen molar-refractivity contribution in [3.63, 3.8) is 0 Å². The van der Waals surface area contributed by atoms with Gasteiger partial charge < -0.3 is 15.2 Å². The summed E-state index contributed by atoms with van der Waals surface area (Å²) >= 11 is 7.19. The van der Waals surface area contributed by atoms with E-state index in [1.807, 2.05) is 0 Å². The summed E-state index contributed by atoms with van der Waals surface area (Å²) in [6, 6.07) is 15.0. The van der Waals surface area contributed by atoms with Gasteiger partial charge in [-0.05, 0) is 74.4 Å². The van der Waals surface area contributed by atoms with Gasteiger partial charge in [0, 0.05) is 15.5 Å². The van der Waals surface area contributed by atoms with E-state index >= 15 is 0 Å². The van der Waals surface area contributed by atoms with Crippen molar-refractivity contribution in [1.82, 2.24) is 5.32 Å². The number of ketones is 1. The van der Waals surface area contributed by atoms with Crippen LogP contribution in [0.4, 0.5) is 4.79 Å². The van der Waals surface area contributed by atoms with Crippen molar-refractivity contribution in [2.24, 2.45) is 5.73 Å². The minimum absolute atomic E-state index is 0.279. The molecule has 4 N–H and O–H groups in total. The molecule has 0 bridgehead atoms. The molecule has 0 aliphatic carbocycles. The second kappa shape index (κ2) is 10.9. The topological polar surface area (TPSA) is 132 Å². The fraction of sp³-hybridized carbons (Fsp3) is 0.231. The molecule has 0 saturated heterocycles. The number of hydrogen-bond acceptors (Lipinski definition) is 7. The molecule has 0 aliphatic rings. The summed E-state index contributed by atoms with van der Waals surface area (Å²) < 4.78 is 10.4. The zero-order valence-electron chi connectivity index (χ0n) is 20.2. The van der Waals surface area contributed by atoms with Crippen LogP contribution in [-0.4, -0.2) is 36.3 Å². The van der Waals surface area contributed by atoms with Crippen molar-refractivity contribution >= 4 is 46.6 Å². The predicted molar refractivity (Wildman–Crippen MR) is 140 cm³/mol. The third-order valence-electron chi connectivity index (χ3n) is 4.96. The molecule has 8 nitrogen and oxygen atoms in total. The largest absolute Gasteiger partial charge is 0.497 e. The van der Waals surface area contributed by atoms with E-state index in [-0.39, 0.29) is 5.78 Å². The standard InChI is InChI=1S/C26H26ClN3O5S/c1-26(2,3)35-25(33)30-23(28)20(24(29)32)18-13-19(21(31)14-7-11-17(34-4)12-8-14)36-22(18)15-5-9-16(27)10-6-15/h5-13,20H,1-4H3,(H2,29,32)(H2,28,30,33). The van der Waals surface area contributed by atoms with Gasteiger partial charge in [-0.2, -0.15) is 0 Å². The number of ether oxygens (including phenoxy) is 2. The Hall–Kier alpha value is -3.69. The molecular weight excluding hydrogens is 502 g/mol. The Morgan fingerprint density at radius 2 is 1.67 bits per heavy atom. The first-order valence-corrected chi connectivity index (χ1v) is 12.0. The molecule has 2 aromatic carbocycles. The quantitative estimate of drug-likeness (QED) is 0.215. The van der Waals surface area contributed by atoms with Crippen molar-refractivity contribution < 1.29 is 23.9 Å². The lowest BCUT2D eigenvalue weighted by Gasteiger charge is -2.21. The van der Waals surface area contributed by atoms with E-state index in [4.69, 9.17) is 32.2 Å². The highest BCUT2D eigenvalue weighted by Crippen LogP contribution is 2.39. The average Bonchev–Trinajstić information content (AvgIpc) is 3.22. The number of thiophene rings is 1. The van der Waals surface area contributed by atoms with E-state index in [0.29, 0.717) is 37.2 Å². The van der Waals surface area contributed by atoms with Gasteiger partial charge in [0.15, 0.2) is 0 Å². The molecule has 1 aromatic heterocycles. The summed E-state index contributed by atoms with van der Waals surface area (Å²) in [5, 5.41) is 11.2. The number of methoxy groups -OCH3 is 1. The second-order valence-electron chi connectivity index (χ2n) is 8.84. The molecule has 0 radical (unpaired) electrons. The van der Waals surface area contributed by atoms with Crippen molar-refractivity contribution in [1.29, 1.82) is 5.41 Å². The highest BCUT2D eigenvalue weighted by atomic mass is 35.5. The maximum atomic E-state index is 13.3. The number of amides is 2. The molecule has 10 heteroatoms. The monoisotopic (exact) mass is 527 g/mol. The number of rotatable bonds is 7. The van der Waals surface area contributed by atoms with Gasteiger partial charge in [0.1, 0.15) is 23.1 Å². The van der Waals surface area contributed by atoms with Crippen LogP contribution in [0, 0.1) is 5.41 Å². The molecule has 3 rings (SSSR count). The van der Waals surface area contributed by atoms with Crippen LogP contribution in [0.2, 0.25) is 5.02 Å². The molecule has 1 unspecified atom stereocenters. The summed E-state index contributed by atoms with van der Waals surface area (Å²) in [5.74, 6) is -2.34. The number of benzene rings is 2. The first-order chi connectivity index (χ1) is 16.9. The summed E-state index contributed by atoms with van der Waals surface area (Å²) in [6.07, 6.45) is -0.892. The minimum atomic E-state index is -1.34. The minimum Gasteiger partial charge on any atom is -0.497 e. The lowest BCUT2D eigenvalue weighted by atomic mass is 9.94. The number of nitrogens with two attached hydrogens (primary N) is 1. The van der Waals surface area contributed by atoms with Gasteiger partial charge in [-0.3, -0.25) is 20.3 Å². The molecule has 0 spiro atoms. The van der Waals surface area contributed by atoms with Crippen LogP contribution in [0.25, 0.3) is 10.4 Å². The lowest BCUT2D eigenvalue weighted by molar-refractivity contribution is -0.118. The predicted octanol–water partition coefficient (Wildman–Crippen LogP) is 5.38. The number of amidine groups is 1. The van der Waals surface area contributed by atoms with Crippen molar-refractivity contribution in [2.45, 2.75) is 32.3 Å². The maximum absolute atomic E-state index is 13.3. The fourth-order valence-corrected chi connectivity index (χ4v) is 4.67. The van der Waals surface area contributed by atoms with Gasteiger partial charge in [-0.1, -0.05) is 23.7 Å². The smallest absolute Gasteiger partial charge is 0.413 e. The average molecular weight is 528 g/mol. The van der Waals surface area contributed by atoms with E-state index < -0.39 is 29.4 Å². The Morgan fingerprint density at radius 1 is 1.06 bits per heavy atom. The first kappa shape index (κ1) is 26.9.